The summed E-state index contributed by atoms with van der Waals surface area (Å²) in [6, 6.07) is 17.2. The molecule has 0 aliphatic carbocycles. The molecule has 6 nitrogen and oxygen atoms in total. The number of thiazole rings is 1. The van der Waals surface area contributed by atoms with Gasteiger partial charge in [0.05, 0.1) is 12.1 Å². The van der Waals surface area contributed by atoms with Crippen LogP contribution in [0.25, 0.3) is 0 Å². The van der Waals surface area contributed by atoms with Crippen LogP contribution in [0.3, 0.4) is 0 Å². The standard InChI is InChI=1S/C25H22FN3O3S/c1-17-7-9-21(10-8-17)31-15-24-29-20(16-33-24)13-23(30)28-14-18-4-3-11-27-25(18)32-22-6-2-5-19(26)12-22/h2-12,16H,13-15H2,1H3,(H,28,30). The maximum Gasteiger partial charge on any atom is 0.226 e. The van der Waals surface area contributed by atoms with Crippen LogP contribution in [0.5, 0.6) is 17.4 Å². The summed E-state index contributed by atoms with van der Waals surface area (Å²) in [4.78, 5) is 21.1. The molecule has 168 valence electrons. The lowest BCUT2D eigenvalue weighted by molar-refractivity contribution is -0.120. The quantitative estimate of drug-likeness (QED) is 0.369. The van der Waals surface area contributed by atoms with Gasteiger partial charge in [-0.25, -0.2) is 14.4 Å². The number of aromatic nitrogens is 2. The van der Waals surface area contributed by atoms with Crippen LogP contribution in [-0.2, 0) is 24.4 Å². The summed E-state index contributed by atoms with van der Waals surface area (Å²) < 4.78 is 24.8. The molecule has 0 saturated carbocycles. The molecule has 2 aromatic heterocycles. The van der Waals surface area contributed by atoms with Gasteiger partial charge in [0.1, 0.15) is 28.9 Å². The Morgan fingerprint density at radius 3 is 2.76 bits per heavy atom. The van der Waals surface area contributed by atoms with Crippen molar-refractivity contribution in [1.29, 1.82) is 0 Å². The summed E-state index contributed by atoms with van der Waals surface area (Å²) in [5, 5.41) is 5.52. The van der Waals surface area contributed by atoms with Crippen molar-refractivity contribution in [3.05, 3.63) is 99.9 Å². The molecular formula is C25H22FN3O3S. The van der Waals surface area contributed by atoms with Crippen molar-refractivity contribution < 1.29 is 18.7 Å². The number of carbonyl (C=O) groups excluding carboxylic acids is 1. The summed E-state index contributed by atoms with van der Waals surface area (Å²) in [7, 11) is 0. The molecule has 8 heteroatoms. The molecule has 0 aliphatic rings. The number of rotatable bonds is 9. The van der Waals surface area contributed by atoms with Gasteiger partial charge in [-0.2, -0.15) is 0 Å². The first-order valence-corrected chi connectivity index (χ1v) is 11.2. The molecule has 2 heterocycles. The van der Waals surface area contributed by atoms with Crippen molar-refractivity contribution in [1.82, 2.24) is 15.3 Å². The van der Waals surface area contributed by atoms with Crippen molar-refractivity contribution >= 4 is 17.2 Å². The van der Waals surface area contributed by atoms with Gasteiger partial charge in [-0.3, -0.25) is 4.79 Å². The van der Waals surface area contributed by atoms with E-state index in [1.54, 1.807) is 30.5 Å². The molecule has 0 radical (unpaired) electrons. The predicted molar refractivity (Wildman–Crippen MR) is 124 cm³/mol. The summed E-state index contributed by atoms with van der Waals surface area (Å²) in [5.74, 6) is 0.858. The van der Waals surface area contributed by atoms with Crippen molar-refractivity contribution in [2.24, 2.45) is 0 Å². The van der Waals surface area contributed by atoms with Crippen LogP contribution in [0, 0.1) is 12.7 Å². The number of benzene rings is 2. The van der Waals surface area contributed by atoms with Gasteiger partial charge in [-0.05, 0) is 37.3 Å². The van der Waals surface area contributed by atoms with Gasteiger partial charge >= 0.3 is 0 Å². The second kappa shape index (κ2) is 10.7. The number of aryl methyl sites for hydroxylation is 1. The first-order chi connectivity index (χ1) is 16.0. The number of hydrogen-bond donors (Lipinski definition) is 1. The molecule has 0 bridgehead atoms. The van der Waals surface area contributed by atoms with E-state index in [2.05, 4.69) is 15.3 Å². The average molecular weight is 464 g/mol. The van der Waals surface area contributed by atoms with Crippen LogP contribution < -0.4 is 14.8 Å². The van der Waals surface area contributed by atoms with Gasteiger partial charge < -0.3 is 14.8 Å². The highest BCUT2D eigenvalue weighted by Crippen LogP contribution is 2.23. The van der Waals surface area contributed by atoms with Gasteiger partial charge in [-0.1, -0.05) is 29.8 Å². The van der Waals surface area contributed by atoms with E-state index in [4.69, 9.17) is 9.47 Å². The zero-order valence-corrected chi connectivity index (χ0v) is 18.8. The Kier molecular flexibility index (Phi) is 7.26. The summed E-state index contributed by atoms with van der Waals surface area (Å²) in [6.45, 7) is 2.60. The highest BCUT2D eigenvalue weighted by Gasteiger charge is 2.11. The number of pyridine rings is 1. The average Bonchev–Trinajstić information content (AvgIpc) is 3.25. The summed E-state index contributed by atoms with van der Waals surface area (Å²) in [6.07, 6.45) is 1.73. The minimum Gasteiger partial charge on any atom is -0.486 e. The molecule has 0 unspecified atom stereocenters. The maximum atomic E-state index is 13.4. The van der Waals surface area contributed by atoms with Crippen LogP contribution >= 0.6 is 11.3 Å². The van der Waals surface area contributed by atoms with E-state index in [-0.39, 0.29) is 18.9 Å². The molecule has 2 aromatic carbocycles. The van der Waals surface area contributed by atoms with E-state index in [1.165, 1.54) is 29.0 Å². The van der Waals surface area contributed by atoms with Gasteiger partial charge in [0, 0.05) is 29.8 Å². The third-order valence-electron chi connectivity index (χ3n) is 4.66. The number of ether oxygens (including phenoxy) is 2. The first kappa shape index (κ1) is 22.4. The van der Waals surface area contributed by atoms with Crippen molar-refractivity contribution in [2.45, 2.75) is 26.5 Å². The molecular weight excluding hydrogens is 441 g/mol. The van der Waals surface area contributed by atoms with Crippen LogP contribution in [0.4, 0.5) is 4.39 Å². The Morgan fingerprint density at radius 2 is 1.94 bits per heavy atom. The molecule has 33 heavy (non-hydrogen) atoms. The minimum atomic E-state index is -0.398. The number of nitrogens with one attached hydrogen (secondary N) is 1. The van der Waals surface area contributed by atoms with E-state index in [9.17, 15) is 9.18 Å². The van der Waals surface area contributed by atoms with E-state index in [1.807, 2.05) is 36.6 Å². The Labute approximate surface area is 195 Å². The molecule has 4 aromatic rings. The second-order valence-corrected chi connectivity index (χ2v) is 8.26. The van der Waals surface area contributed by atoms with Crippen LogP contribution in [0.1, 0.15) is 21.8 Å². The number of hydrogen-bond acceptors (Lipinski definition) is 6. The molecule has 0 fully saturated rings. The van der Waals surface area contributed by atoms with E-state index < -0.39 is 5.82 Å². The smallest absolute Gasteiger partial charge is 0.226 e. The van der Waals surface area contributed by atoms with Crippen molar-refractivity contribution in [3.8, 4) is 17.4 Å². The normalized spacial score (nSPS) is 10.6. The second-order valence-electron chi connectivity index (χ2n) is 7.31. The van der Waals surface area contributed by atoms with E-state index in [0.717, 1.165) is 10.8 Å². The fraction of sp³-hybridized carbons (Fsp3) is 0.160. The lowest BCUT2D eigenvalue weighted by Crippen LogP contribution is -2.25. The highest BCUT2D eigenvalue weighted by atomic mass is 32.1. The van der Waals surface area contributed by atoms with Crippen molar-refractivity contribution in [3.63, 3.8) is 0 Å². The van der Waals surface area contributed by atoms with Crippen molar-refractivity contribution in [2.75, 3.05) is 0 Å². The monoisotopic (exact) mass is 463 g/mol. The predicted octanol–water partition coefficient (Wildman–Crippen LogP) is 5.22. The number of nitrogens with zero attached hydrogens (tertiary/aromatic N) is 2. The lowest BCUT2D eigenvalue weighted by atomic mass is 10.2. The van der Waals surface area contributed by atoms with Gasteiger partial charge in [0.25, 0.3) is 0 Å². The third-order valence-corrected chi connectivity index (χ3v) is 5.53. The van der Waals surface area contributed by atoms with E-state index in [0.29, 0.717) is 29.5 Å². The highest BCUT2D eigenvalue weighted by molar-refractivity contribution is 7.09. The first-order valence-electron chi connectivity index (χ1n) is 10.3. The van der Waals surface area contributed by atoms with Crippen LogP contribution in [0.15, 0.2) is 72.2 Å². The Morgan fingerprint density at radius 1 is 1.09 bits per heavy atom. The van der Waals surface area contributed by atoms with E-state index >= 15 is 0 Å². The zero-order chi connectivity index (χ0) is 23.0. The fourth-order valence-corrected chi connectivity index (χ4v) is 3.69. The Bertz CT molecular complexity index is 1230. The van der Waals surface area contributed by atoms with Crippen LogP contribution in [0.2, 0.25) is 0 Å². The molecule has 0 spiro atoms. The molecule has 4 rings (SSSR count). The zero-order valence-electron chi connectivity index (χ0n) is 18.0. The summed E-state index contributed by atoms with van der Waals surface area (Å²) in [5.41, 5.74) is 2.53. The molecule has 0 saturated heterocycles. The lowest BCUT2D eigenvalue weighted by Gasteiger charge is -2.10. The Hall–Kier alpha value is -3.78. The SMILES string of the molecule is Cc1ccc(OCc2nc(CC(=O)NCc3cccnc3Oc3cccc(F)c3)cs2)cc1. The minimum absolute atomic E-state index is 0.154. The molecule has 0 aliphatic heterocycles. The molecule has 1 amide bonds. The largest absolute Gasteiger partial charge is 0.486 e. The topological polar surface area (TPSA) is 73.3 Å². The van der Waals surface area contributed by atoms with Gasteiger partial charge in [0.15, 0.2) is 0 Å². The number of halogens is 1. The van der Waals surface area contributed by atoms with Gasteiger partial charge in [0.2, 0.25) is 11.8 Å². The Balaban J connectivity index is 1.29. The van der Waals surface area contributed by atoms with Gasteiger partial charge in [-0.15, -0.1) is 11.3 Å². The molecule has 0 atom stereocenters. The summed E-state index contributed by atoms with van der Waals surface area (Å²) >= 11 is 1.46. The molecule has 1 N–H and O–H groups in total. The van der Waals surface area contributed by atoms with Crippen LogP contribution in [-0.4, -0.2) is 15.9 Å². The maximum absolute atomic E-state index is 13.4. The fourth-order valence-electron chi connectivity index (χ4n) is 2.99. The number of amides is 1. The third kappa shape index (κ3) is 6.60. The number of carbonyl (C=O) groups is 1.